The SMILES string of the molecule is NCCOC(=O)NCC=O. The van der Waals surface area contributed by atoms with E-state index in [0.717, 1.165) is 0 Å². The van der Waals surface area contributed by atoms with E-state index in [1.807, 2.05) is 0 Å². The summed E-state index contributed by atoms with van der Waals surface area (Å²) >= 11 is 0. The molecule has 0 fully saturated rings. The second-order valence-electron chi connectivity index (χ2n) is 1.47. The van der Waals surface area contributed by atoms with Gasteiger partial charge in [0.15, 0.2) is 0 Å². The van der Waals surface area contributed by atoms with Gasteiger partial charge in [-0.25, -0.2) is 4.79 Å². The van der Waals surface area contributed by atoms with Gasteiger partial charge < -0.3 is 20.6 Å². The summed E-state index contributed by atoms with van der Waals surface area (Å²) in [5.74, 6) is 0. The summed E-state index contributed by atoms with van der Waals surface area (Å²) in [6.07, 6.45) is -0.0403. The fourth-order valence-corrected chi connectivity index (χ4v) is 0.328. The van der Waals surface area contributed by atoms with E-state index in [4.69, 9.17) is 5.73 Å². The van der Waals surface area contributed by atoms with Gasteiger partial charge in [-0.3, -0.25) is 0 Å². The van der Waals surface area contributed by atoms with Crippen molar-refractivity contribution in [2.75, 3.05) is 19.7 Å². The molecule has 3 N–H and O–H groups in total. The van der Waals surface area contributed by atoms with Crippen molar-refractivity contribution in [1.29, 1.82) is 0 Å². The highest BCUT2D eigenvalue weighted by Crippen LogP contribution is 1.72. The van der Waals surface area contributed by atoms with Gasteiger partial charge in [0.2, 0.25) is 0 Å². The second-order valence-corrected chi connectivity index (χ2v) is 1.47. The molecule has 0 rings (SSSR count). The molecular formula is C5H10N2O3. The van der Waals surface area contributed by atoms with Crippen LogP contribution in [0.1, 0.15) is 0 Å². The number of amides is 1. The van der Waals surface area contributed by atoms with Crippen LogP contribution in [0.25, 0.3) is 0 Å². The van der Waals surface area contributed by atoms with Crippen molar-refractivity contribution in [2.45, 2.75) is 0 Å². The van der Waals surface area contributed by atoms with Crippen LogP contribution in [0.5, 0.6) is 0 Å². The number of hydrogen-bond donors (Lipinski definition) is 2. The minimum atomic E-state index is -0.613. The van der Waals surface area contributed by atoms with Crippen LogP contribution in [0.3, 0.4) is 0 Å². The number of aldehydes is 1. The van der Waals surface area contributed by atoms with Crippen LogP contribution in [-0.2, 0) is 9.53 Å². The van der Waals surface area contributed by atoms with E-state index < -0.39 is 6.09 Å². The molecule has 5 heteroatoms. The third-order valence-electron chi connectivity index (χ3n) is 0.681. The monoisotopic (exact) mass is 146 g/mol. The van der Waals surface area contributed by atoms with Crippen LogP contribution >= 0.6 is 0 Å². The number of nitrogens with two attached hydrogens (primary N) is 1. The van der Waals surface area contributed by atoms with Crippen LogP contribution in [0.4, 0.5) is 4.79 Å². The van der Waals surface area contributed by atoms with E-state index in [2.05, 4.69) is 10.1 Å². The number of rotatable bonds is 4. The Morgan fingerprint density at radius 1 is 1.70 bits per heavy atom. The lowest BCUT2D eigenvalue weighted by Crippen LogP contribution is -2.27. The minimum Gasteiger partial charge on any atom is -0.448 e. The van der Waals surface area contributed by atoms with E-state index in [0.29, 0.717) is 6.29 Å². The van der Waals surface area contributed by atoms with Crippen LogP contribution < -0.4 is 11.1 Å². The fourth-order valence-electron chi connectivity index (χ4n) is 0.328. The summed E-state index contributed by atoms with van der Waals surface area (Å²) in [5, 5.41) is 2.18. The Morgan fingerprint density at radius 3 is 2.90 bits per heavy atom. The Bertz CT molecular complexity index is 115. The molecule has 10 heavy (non-hydrogen) atoms. The summed E-state index contributed by atoms with van der Waals surface area (Å²) in [4.78, 5) is 20.1. The number of carbonyl (C=O) groups excluding carboxylic acids is 2. The van der Waals surface area contributed by atoms with E-state index in [9.17, 15) is 9.59 Å². The Balaban J connectivity index is 3.16. The van der Waals surface area contributed by atoms with Crippen molar-refractivity contribution in [2.24, 2.45) is 5.73 Å². The predicted octanol–water partition coefficient (Wildman–Crippen LogP) is -1.13. The zero-order chi connectivity index (χ0) is 7.82. The van der Waals surface area contributed by atoms with E-state index >= 15 is 0 Å². The highest BCUT2D eigenvalue weighted by atomic mass is 16.5. The molecular weight excluding hydrogens is 136 g/mol. The van der Waals surface area contributed by atoms with Crippen molar-refractivity contribution in [1.82, 2.24) is 5.32 Å². The van der Waals surface area contributed by atoms with Gasteiger partial charge in [0.05, 0.1) is 6.54 Å². The summed E-state index contributed by atoms with van der Waals surface area (Å²) in [5.41, 5.74) is 5.03. The molecule has 0 aliphatic heterocycles. The lowest BCUT2D eigenvalue weighted by Gasteiger charge is -2.01. The number of hydrogen-bond acceptors (Lipinski definition) is 4. The predicted molar refractivity (Wildman–Crippen MR) is 34.5 cm³/mol. The Morgan fingerprint density at radius 2 is 2.40 bits per heavy atom. The molecule has 5 nitrogen and oxygen atoms in total. The average Bonchev–Trinajstić information content (AvgIpc) is 1.97. The number of alkyl carbamates (subject to hydrolysis) is 1. The number of carbonyl (C=O) groups is 2. The third-order valence-corrected chi connectivity index (χ3v) is 0.681. The first-order valence-corrected chi connectivity index (χ1v) is 2.85. The maximum absolute atomic E-state index is 10.4. The third kappa shape index (κ3) is 5.04. The Labute approximate surface area is 58.5 Å². The molecule has 0 saturated heterocycles. The van der Waals surface area contributed by atoms with Crippen molar-refractivity contribution in [3.63, 3.8) is 0 Å². The van der Waals surface area contributed by atoms with Crippen LogP contribution in [0, 0.1) is 0 Å². The molecule has 0 aromatic carbocycles. The average molecular weight is 146 g/mol. The van der Waals surface area contributed by atoms with Gasteiger partial charge in [-0.1, -0.05) is 0 Å². The zero-order valence-corrected chi connectivity index (χ0v) is 5.50. The topological polar surface area (TPSA) is 81.4 Å². The quantitative estimate of drug-likeness (QED) is 0.492. The minimum absolute atomic E-state index is 0.0244. The maximum atomic E-state index is 10.4. The van der Waals surface area contributed by atoms with E-state index in [1.54, 1.807) is 0 Å². The molecule has 0 aromatic heterocycles. The van der Waals surface area contributed by atoms with Gasteiger partial charge >= 0.3 is 6.09 Å². The molecule has 0 bridgehead atoms. The molecule has 0 aliphatic rings. The molecule has 0 heterocycles. The Kier molecular flexibility index (Phi) is 5.36. The molecule has 58 valence electrons. The molecule has 0 radical (unpaired) electrons. The Hall–Kier alpha value is -1.10. The smallest absolute Gasteiger partial charge is 0.407 e. The fraction of sp³-hybridized carbons (Fsp3) is 0.600. The van der Waals surface area contributed by atoms with Gasteiger partial charge in [0.1, 0.15) is 12.9 Å². The number of ether oxygens (including phenoxy) is 1. The largest absolute Gasteiger partial charge is 0.448 e. The molecule has 0 saturated carbocycles. The van der Waals surface area contributed by atoms with E-state index in [1.165, 1.54) is 0 Å². The molecule has 0 unspecified atom stereocenters. The highest BCUT2D eigenvalue weighted by molar-refractivity contribution is 5.70. The van der Waals surface area contributed by atoms with Gasteiger partial charge in [0, 0.05) is 6.54 Å². The standard InChI is InChI=1S/C5H10N2O3/c6-1-4-10-5(9)7-2-3-8/h3H,1-2,4,6H2,(H,7,9). The lowest BCUT2D eigenvalue weighted by atomic mass is 10.7. The van der Waals surface area contributed by atoms with Crippen LogP contribution in [-0.4, -0.2) is 32.1 Å². The van der Waals surface area contributed by atoms with Crippen molar-refractivity contribution < 1.29 is 14.3 Å². The normalized spacial score (nSPS) is 8.50. The first-order valence-electron chi connectivity index (χ1n) is 2.85. The first kappa shape index (κ1) is 8.90. The molecule has 1 amide bonds. The van der Waals surface area contributed by atoms with Gasteiger partial charge in [-0.15, -0.1) is 0 Å². The van der Waals surface area contributed by atoms with Crippen molar-refractivity contribution >= 4 is 12.4 Å². The van der Waals surface area contributed by atoms with Gasteiger partial charge in [0.25, 0.3) is 0 Å². The lowest BCUT2D eigenvalue weighted by molar-refractivity contribution is -0.107. The summed E-state index contributed by atoms with van der Waals surface area (Å²) in [6.45, 7) is 0.433. The zero-order valence-electron chi connectivity index (χ0n) is 5.50. The second kappa shape index (κ2) is 6.03. The van der Waals surface area contributed by atoms with Gasteiger partial charge in [-0.2, -0.15) is 0 Å². The number of nitrogens with one attached hydrogen (secondary N) is 1. The molecule has 0 aromatic rings. The van der Waals surface area contributed by atoms with Crippen molar-refractivity contribution in [3.8, 4) is 0 Å². The summed E-state index contributed by atoms with van der Waals surface area (Å²) in [7, 11) is 0. The summed E-state index contributed by atoms with van der Waals surface area (Å²) in [6, 6.07) is 0. The first-order chi connectivity index (χ1) is 4.81. The summed E-state index contributed by atoms with van der Waals surface area (Å²) < 4.78 is 4.46. The van der Waals surface area contributed by atoms with Crippen LogP contribution in [0.2, 0.25) is 0 Å². The molecule has 0 atom stereocenters. The maximum Gasteiger partial charge on any atom is 0.407 e. The molecule has 0 spiro atoms. The highest BCUT2D eigenvalue weighted by Gasteiger charge is 1.96. The van der Waals surface area contributed by atoms with Crippen molar-refractivity contribution in [3.05, 3.63) is 0 Å². The van der Waals surface area contributed by atoms with Gasteiger partial charge in [-0.05, 0) is 0 Å². The molecule has 0 aliphatic carbocycles. The van der Waals surface area contributed by atoms with Crippen LogP contribution in [0.15, 0.2) is 0 Å². The van der Waals surface area contributed by atoms with E-state index in [-0.39, 0.29) is 19.7 Å².